The molecule has 0 unspecified atom stereocenters. The molecule has 2 rings (SSSR count). The smallest absolute Gasteiger partial charge is 0.252 e. The summed E-state index contributed by atoms with van der Waals surface area (Å²) in [5, 5.41) is 2.56. The highest BCUT2D eigenvalue weighted by Crippen LogP contribution is 2.15. The molecule has 1 heterocycles. The topological polar surface area (TPSA) is 42.0 Å². The molecule has 0 atom stereocenters. The van der Waals surface area contributed by atoms with Crippen LogP contribution in [0.4, 0.5) is 0 Å². The highest BCUT2D eigenvalue weighted by atomic mass is 16.1. The summed E-state index contributed by atoms with van der Waals surface area (Å²) in [6.45, 7) is 0. The number of aromatic nitrogens is 1. The molecule has 0 bridgehead atoms. The summed E-state index contributed by atoms with van der Waals surface area (Å²) in [5.41, 5.74) is 2.49. The predicted molar refractivity (Wildman–Crippen MR) is 63.1 cm³/mol. The van der Waals surface area contributed by atoms with E-state index in [1.807, 2.05) is 36.4 Å². The molecule has 3 nitrogen and oxygen atoms in total. The number of nitrogens with zero attached hydrogens (tertiary/aromatic N) is 1. The molecule has 1 N–H and O–H groups in total. The van der Waals surface area contributed by atoms with Crippen LogP contribution in [0.1, 0.15) is 10.4 Å². The number of rotatable bonds is 2. The lowest BCUT2D eigenvalue weighted by molar-refractivity contribution is 0.0963. The van der Waals surface area contributed by atoms with Gasteiger partial charge in [-0.3, -0.25) is 9.78 Å². The van der Waals surface area contributed by atoms with Gasteiger partial charge >= 0.3 is 0 Å². The molecule has 1 aromatic carbocycles. The van der Waals surface area contributed by atoms with Crippen LogP contribution in [0, 0.1) is 0 Å². The SMILES string of the molecule is CNC(=O)c1ccc(-c2ccccc2)nc1. The zero-order valence-electron chi connectivity index (χ0n) is 8.97. The van der Waals surface area contributed by atoms with E-state index in [-0.39, 0.29) is 5.91 Å². The van der Waals surface area contributed by atoms with E-state index in [0.29, 0.717) is 5.56 Å². The molecular weight excluding hydrogens is 200 g/mol. The van der Waals surface area contributed by atoms with Crippen LogP contribution in [0.5, 0.6) is 0 Å². The van der Waals surface area contributed by atoms with Crippen LogP contribution < -0.4 is 5.32 Å². The van der Waals surface area contributed by atoms with Crippen LogP contribution in [0.25, 0.3) is 11.3 Å². The van der Waals surface area contributed by atoms with E-state index in [1.54, 1.807) is 19.3 Å². The number of carbonyl (C=O) groups is 1. The first-order valence-corrected chi connectivity index (χ1v) is 5.05. The molecule has 0 aliphatic rings. The molecule has 0 saturated carbocycles. The molecule has 16 heavy (non-hydrogen) atoms. The molecule has 1 amide bonds. The Kier molecular flexibility index (Phi) is 2.96. The fraction of sp³-hybridized carbons (Fsp3) is 0.0769. The Morgan fingerprint density at radius 1 is 1.12 bits per heavy atom. The number of benzene rings is 1. The van der Waals surface area contributed by atoms with Crippen LogP contribution in [0.3, 0.4) is 0 Å². The Morgan fingerprint density at radius 2 is 1.88 bits per heavy atom. The minimum atomic E-state index is -0.118. The van der Waals surface area contributed by atoms with Gasteiger partial charge in [-0.1, -0.05) is 30.3 Å². The molecule has 0 radical (unpaired) electrons. The maximum Gasteiger partial charge on any atom is 0.252 e. The van der Waals surface area contributed by atoms with Crippen molar-refractivity contribution in [2.45, 2.75) is 0 Å². The highest BCUT2D eigenvalue weighted by molar-refractivity contribution is 5.93. The number of amides is 1. The van der Waals surface area contributed by atoms with Gasteiger partial charge in [0.2, 0.25) is 0 Å². The van der Waals surface area contributed by atoms with Crippen molar-refractivity contribution in [2.75, 3.05) is 7.05 Å². The highest BCUT2D eigenvalue weighted by Gasteiger charge is 2.03. The van der Waals surface area contributed by atoms with Gasteiger partial charge in [-0.2, -0.15) is 0 Å². The molecule has 0 spiro atoms. The van der Waals surface area contributed by atoms with Gasteiger partial charge in [0, 0.05) is 18.8 Å². The van der Waals surface area contributed by atoms with Crippen molar-refractivity contribution in [2.24, 2.45) is 0 Å². The van der Waals surface area contributed by atoms with Crippen molar-refractivity contribution < 1.29 is 4.79 Å². The second-order valence-corrected chi connectivity index (χ2v) is 3.38. The van der Waals surface area contributed by atoms with Crippen molar-refractivity contribution in [1.29, 1.82) is 0 Å². The molecule has 2 aromatic rings. The Morgan fingerprint density at radius 3 is 2.44 bits per heavy atom. The zero-order chi connectivity index (χ0) is 11.4. The zero-order valence-corrected chi connectivity index (χ0v) is 8.97. The molecule has 0 aliphatic heterocycles. The second-order valence-electron chi connectivity index (χ2n) is 3.38. The Balaban J connectivity index is 2.30. The molecule has 0 saturated heterocycles. The fourth-order valence-electron chi connectivity index (χ4n) is 1.45. The minimum Gasteiger partial charge on any atom is -0.355 e. The predicted octanol–water partition coefficient (Wildman–Crippen LogP) is 2.11. The van der Waals surface area contributed by atoms with E-state index in [0.717, 1.165) is 11.3 Å². The standard InChI is InChI=1S/C13H12N2O/c1-14-13(16)11-7-8-12(15-9-11)10-5-3-2-4-6-10/h2-9H,1H3,(H,14,16). The van der Waals surface area contributed by atoms with Crippen LogP contribution in [0.15, 0.2) is 48.7 Å². The summed E-state index contributed by atoms with van der Waals surface area (Å²) in [5.74, 6) is -0.118. The van der Waals surface area contributed by atoms with E-state index < -0.39 is 0 Å². The first-order valence-electron chi connectivity index (χ1n) is 5.05. The van der Waals surface area contributed by atoms with Crippen LogP contribution >= 0.6 is 0 Å². The normalized spacial score (nSPS) is 9.81. The number of carbonyl (C=O) groups excluding carboxylic acids is 1. The number of hydrogen-bond acceptors (Lipinski definition) is 2. The quantitative estimate of drug-likeness (QED) is 0.828. The minimum absolute atomic E-state index is 0.118. The van der Waals surface area contributed by atoms with Gasteiger partial charge in [0.05, 0.1) is 11.3 Å². The maximum atomic E-state index is 11.3. The summed E-state index contributed by atoms with van der Waals surface area (Å²) >= 11 is 0. The lowest BCUT2D eigenvalue weighted by atomic mass is 10.1. The number of nitrogens with one attached hydrogen (secondary N) is 1. The van der Waals surface area contributed by atoms with Gasteiger partial charge in [-0.15, -0.1) is 0 Å². The Bertz CT molecular complexity index is 477. The van der Waals surface area contributed by atoms with E-state index in [9.17, 15) is 4.79 Å². The van der Waals surface area contributed by atoms with Crippen molar-refractivity contribution in [3.8, 4) is 11.3 Å². The van der Waals surface area contributed by atoms with Crippen molar-refractivity contribution in [1.82, 2.24) is 10.3 Å². The summed E-state index contributed by atoms with van der Waals surface area (Å²) in [4.78, 5) is 15.6. The van der Waals surface area contributed by atoms with Gasteiger partial charge in [-0.05, 0) is 12.1 Å². The Hall–Kier alpha value is -2.16. The van der Waals surface area contributed by atoms with E-state index in [1.165, 1.54) is 0 Å². The molecule has 80 valence electrons. The largest absolute Gasteiger partial charge is 0.355 e. The van der Waals surface area contributed by atoms with Gasteiger partial charge in [-0.25, -0.2) is 0 Å². The van der Waals surface area contributed by atoms with Gasteiger partial charge in [0.15, 0.2) is 0 Å². The second kappa shape index (κ2) is 4.57. The molecular formula is C13H12N2O. The van der Waals surface area contributed by atoms with E-state index >= 15 is 0 Å². The van der Waals surface area contributed by atoms with Crippen molar-refractivity contribution in [3.63, 3.8) is 0 Å². The van der Waals surface area contributed by atoms with Crippen molar-refractivity contribution >= 4 is 5.91 Å². The molecule has 3 heteroatoms. The Labute approximate surface area is 94.1 Å². The summed E-state index contributed by atoms with van der Waals surface area (Å²) in [6.07, 6.45) is 1.58. The molecule has 1 aromatic heterocycles. The lowest BCUT2D eigenvalue weighted by Gasteiger charge is -2.02. The average Bonchev–Trinajstić information content (AvgIpc) is 2.39. The van der Waals surface area contributed by atoms with Crippen LogP contribution in [-0.2, 0) is 0 Å². The molecule has 0 fully saturated rings. The third-order valence-electron chi connectivity index (χ3n) is 2.32. The summed E-state index contributed by atoms with van der Waals surface area (Å²) in [7, 11) is 1.60. The maximum absolute atomic E-state index is 11.3. The summed E-state index contributed by atoms with van der Waals surface area (Å²) in [6, 6.07) is 13.5. The van der Waals surface area contributed by atoms with Crippen LogP contribution in [-0.4, -0.2) is 17.9 Å². The van der Waals surface area contributed by atoms with E-state index in [2.05, 4.69) is 10.3 Å². The monoisotopic (exact) mass is 212 g/mol. The van der Waals surface area contributed by atoms with Gasteiger partial charge in [0.25, 0.3) is 5.91 Å². The lowest BCUT2D eigenvalue weighted by Crippen LogP contribution is -2.17. The third-order valence-corrected chi connectivity index (χ3v) is 2.32. The fourth-order valence-corrected chi connectivity index (χ4v) is 1.45. The van der Waals surface area contributed by atoms with E-state index in [4.69, 9.17) is 0 Å². The van der Waals surface area contributed by atoms with Crippen LogP contribution in [0.2, 0.25) is 0 Å². The molecule has 0 aliphatic carbocycles. The van der Waals surface area contributed by atoms with Crippen molar-refractivity contribution in [3.05, 3.63) is 54.2 Å². The summed E-state index contributed by atoms with van der Waals surface area (Å²) < 4.78 is 0. The third kappa shape index (κ3) is 2.08. The number of hydrogen-bond donors (Lipinski definition) is 1. The van der Waals surface area contributed by atoms with Gasteiger partial charge in [0.1, 0.15) is 0 Å². The first kappa shape index (κ1) is 10.4. The average molecular weight is 212 g/mol. The van der Waals surface area contributed by atoms with Gasteiger partial charge < -0.3 is 5.32 Å². The number of pyridine rings is 1. The first-order chi connectivity index (χ1) is 7.81.